The second-order valence-electron chi connectivity index (χ2n) is 6.57. The number of guanidine groups is 1. The van der Waals surface area contributed by atoms with Gasteiger partial charge in [0.05, 0.1) is 12.0 Å². The zero-order chi connectivity index (χ0) is 20.6. The summed E-state index contributed by atoms with van der Waals surface area (Å²) in [5.41, 5.74) is 2.15. The molecule has 0 saturated carbocycles. The lowest BCUT2D eigenvalue weighted by Crippen LogP contribution is -2.38. The molecule has 0 saturated heterocycles. The van der Waals surface area contributed by atoms with Gasteiger partial charge in [-0.2, -0.15) is 0 Å². The fraction of sp³-hybridized carbons (Fsp3) is 0.381. The molecule has 2 aromatic carbocycles. The summed E-state index contributed by atoms with van der Waals surface area (Å²) in [4.78, 5) is 7.11. The zero-order valence-electron chi connectivity index (χ0n) is 17.4. The molecule has 0 aromatic heterocycles. The standard InChI is InChI=1S/C21H29N3O3S.HI/c1-5-22-21(24(2)16-18-8-6-7-9-20(18)27-3)23-15-14-17-10-12-19(13-11-17)28(4,25)26;/h6-13H,5,14-16H2,1-4H3,(H,22,23);1H. The van der Waals surface area contributed by atoms with E-state index in [0.717, 1.165) is 35.8 Å². The number of para-hydroxylation sites is 1. The Morgan fingerprint density at radius 2 is 1.79 bits per heavy atom. The van der Waals surface area contributed by atoms with Crippen LogP contribution in [0.1, 0.15) is 18.1 Å². The Labute approximate surface area is 191 Å². The number of ether oxygens (including phenoxy) is 1. The molecule has 0 heterocycles. The number of halogens is 1. The number of hydrogen-bond donors (Lipinski definition) is 1. The number of benzene rings is 2. The van der Waals surface area contributed by atoms with Crippen LogP contribution >= 0.6 is 24.0 Å². The lowest BCUT2D eigenvalue weighted by Gasteiger charge is -2.23. The van der Waals surface area contributed by atoms with E-state index >= 15 is 0 Å². The van der Waals surface area contributed by atoms with E-state index in [1.807, 2.05) is 50.4 Å². The molecule has 0 atom stereocenters. The summed E-state index contributed by atoms with van der Waals surface area (Å²) in [5.74, 6) is 1.68. The molecule has 2 rings (SSSR count). The van der Waals surface area contributed by atoms with Crippen LogP contribution in [-0.2, 0) is 22.8 Å². The molecule has 0 aliphatic carbocycles. The Morgan fingerprint density at radius 1 is 1.14 bits per heavy atom. The summed E-state index contributed by atoms with van der Waals surface area (Å²) in [6.45, 7) is 4.10. The van der Waals surface area contributed by atoms with E-state index < -0.39 is 9.84 Å². The maximum atomic E-state index is 11.5. The molecule has 8 heteroatoms. The van der Waals surface area contributed by atoms with Crippen LogP contribution in [0.2, 0.25) is 0 Å². The highest BCUT2D eigenvalue weighted by Gasteiger charge is 2.10. The first kappa shape index (κ1) is 25.2. The molecule has 29 heavy (non-hydrogen) atoms. The average Bonchev–Trinajstić information content (AvgIpc) is 2.67. The third kappa shape index (κ3) is 7.85. The normalized spacial score (nSPS) is 11.5. The molecule has 2 aromatic rings. The van der Waals surface area contributed by atoms with Gasteiger partial charge < -0.3 is 15.0 Å². The van der Waals surface area contributed by atoms with Crippen LogP contribution in [0.25, 0.3) is 0 Å². The Hall–Kier alpha value is -1.81. The summed E-state index contributed by atoms with van der Waals surface area (Å²) in [6.07, 6.45) is 1.95. The minimum absolute atomic E-state index is 0. The maximum Gasteiger partial charge on any atom is 0.193 e. The summed E-state index contributed by atoms with van der Waals surface area (Å²) < 4.78 is 28.5. The van der Waals surface area contributed by atoms with Gasteiger partial charge in [0.2, 0.25) is 0 Å². The molecular formula is C21H30IN3O3S. The Bertz CT molecular complexity index is 900. The first-order valence-electron chi connectivity index (χ1n) is 9.25. The van der Waals surface area contributed by atoms with Crippen LogP contribution < -0.4 is 10.1 Å². The van der Waals surface area contributed by atoms with Gasteiger partial charge in [-0.1, -0.05) is 30.3 Å². The highest BCUT2D eigenvalue weighted by atomic mass is 127. The molecule has 1 N–H and O–H groups in total. The summed E-state index contributed by atoms with van der Waals surface area (Å²) >= 11 is 0. The van der Waals surface area contributed by atoms with Crippen LogP contribution in [0.4, 0.5) is 0 Å². The minimum atomic E-state index is -3.16. The number of nitrogens with one attached hydrogen (secondary N) is 1. The lowest BCUT2D eigenvalue weighted by atomic mass is 10.1. The number of aliphatic imine (C=N–C) groups is 1. The predicted molar refractivity (Wildman–Crippen MR) is 129 cm³/mol. The third-order valence-corrected chi connectivity index (χ3v) is 5.44. The van der Waals surface area contributed by atoms with Crippen molar-refractivity contribution in [3.05, 3.63) is 59.7 Å². The molecule has 0 amide bonds. The van der Waals surface area contributed by atoms with E-state index in [0.29, 0.717) is 18.0 Å². The van der Waals surface area contributed by atoms with Crippen LogP contribution in [-0.4, -0.2) is 52.8 Å². The van der Waals surface area contributed by atoms with Gasteiger partial charge in [-0.3, -0.25) is 4.99 Å². The van der Waals surface area contributed by atoms with Crippen molar-refractivity contribution in [1.82, 2.24) is 10.2 Å². The fourth-order valence-electron chi connectivity index (χ4n) is 2.83. The van der Waals surface area contributed by atoms with E-state index in [1.165, 1.54) is 6.26 Å². The Morgan fingerprint density at radius 3 is 2.38 bits per heavy atom. The van der Waals surface area contributed by atoms with Gasteiger partial charge in [0.15, 0.2) is 15.8 Å². The summed E-state index contributed by atoms with van der Waals surface area (Å²) in [7, 11) is 0.507. The van der Waals surface area contributed by atoms with E-state index in [-0.39, 0.29) is 24.0 Å². The minimum Gasteiger partial charge on any atom is -0.496 e. The molecule has 0 aliphatic rings. The van der Waals surface area contributed by atoms with Crippen molar-refractivity contribution in [2.75, 3.05) is 33.5 Å². The van der Waals surface area contributed by atoms with Gasteiger partial charge in [-0.15, -0.1) is 24.0 Å². The van der Waals surface area contributed by atoms with Crippen molar-refractivity contribution in [3.63, 3.8) is 0 Å². The molecule has 6 nitrogen and oxygen atoms in total. The topological polar surface area (TPSA) is 71.0 Å². The van der Waals surface area contributed by atoms with Gasteiger partial charge in [-0.05, 0) is 37.1 Å². The first-order chi connectivity index (χ1) is 13.3. The summed E-state index contributed by atoms with van der Waals surface area (Å²) in [5, 5.41) is 3.31. The number of hydrogen-bond acceptors (Lipinski definition) is 4. The zero-order valence-corrected chi connectivity index (χ0v) is 20.5. The predicted octanol–water partition coefficient (Wildman–Crippen LogP) is 3.36. The first-order valence-corrected chi connectivity index (χ1v) is 11.1. The summed E-state index contributed by atoms with van der Waals surface area (Å²) in [6, 6.07) is 14.9. The van der Waals surface area contributed by atoms with Gasteiger partial charge in [-0.25, -0.2) is 8.42 Å². The third-order valence-electron chi connectivity index (χ3n) is 4.31. The highest BCUT2D eigenvalue weighted by molar-refractivity contribution is 14.0. The quantitative estimate of drug-likeness (QED) is 0.322. The molecule has 0 fully saturated rings. The molecular weight excluding hydrogens is 501 g/mol. The van der Waals surface area contributed by atoms with Crippen LogP contribution in [0.3, 0.4) is 0 Å². The van der Waals surface area contributed by atoms with Crippen molar-refractivity contribution in [2.45, 2.75) is 24.8 Å². The van der Waals surface area contributed by atoms with Crippen LogP contribution in [0, 0.1) is 0 Å². The number of rotatable bonds is 8. The van der Waals surface area contributed by atoms with Gasteiger partial charge in [0.1, 0.15) is 5.75 Å². The van der Waals surface area contributed by atoms with Crippen LogP contribution in [0.5, 0.6) is 5.75 Å². The highest BCUT2D eigenvalue weighted by Crippen LogP contribution is 2.18. The number of sulfone groups is 1. The second-order valence-corrected chi connectivity index (χ2v) is 8.59. The van der Waals surface area contributed by atoms with Crippen molar-refractivity contribution in [2.24, 2.45) is 4.99 Å². The van der Waals surface area contributed by atoms with Crippen molar-refractivity contribution >= 4 is 39.8 Å². The van der Waals surface area contributed by atoms with Gasteiger partial charge in [0, 0.05) is 38.5 Å². The Balaban J connectivity index is 0.00000420. The average molecular weight is 531 g/mol. The SMILES string of the molecule is CCNC(=NCCc1ccc(S(C)(=O)=O)cc1)N(C)Cc1ccccc1OC.I. The molecule has 0 aliphatic heterocycles. The van der Waals surface area contributed by atoms with Crippen molar-refractivity contribution < 1.29 is 13.2 Å². The fourth-order valence-corrected chi connectivity index (χ4v) is 3.46. The van der Waals surface area contributed by atoms with E-state index in [9.17, 15) is 8.42 Å². The van der Waals surface area contributed by atoms with Gasteiger partial charge in [0.25, 0.3) is 0 Å². The van der Waals surface area contributed by atoms with Crippen molar-refractivity contribution in [1.29, 1.82) is 0 Å². The van der Waals surface area contributed by atoms with Gasteiger partial charge >= 0.3 is 0 Å². The largest absolute Gasteiger partial charge is 0.496 e. The van der Waals surface area contributed by atoms with Crippen molar-refractivity contribution in [3.8, 4) is 5.75 Å². The number of nitrogens with zero attached hydrogens (tertiary/aromatic N) is 2. The monoisotopic (exact) mass is 531 g/mol. The molecule has 0 radical (unpaired) electrons. The molecule has 160 valence electrons. The van der Waals surface area contributed by atoms with Crippen LogP contribution in [0.15, 0.2) is 58.4 Å². The molecule has 0 spiro atoms. The second kappa shape index (κ2) is 12.0. The lowest BCUT2D eigenvalue weighted by molar-refractivity contribution is 0.396. The van der Waals surface area contributed by atoms with E-state index in [4.69, 9.17) is 9.73 Å². The molecule has 0 unspecified atom stereocenters. The van der Waals surface area contributed by atoms with E-state index in [1.54, 1.807) is 19.2 Å². The molecule has 0 bridgehead atoms. The Kier molecular flexibility index (Phi) is 10.5. The maximum absolute atomic E-state index is 11.5. The number of methoxy groups -OCH3 is 1. The van der Waals surface area contributed by atoms with E-state index in [2.05, 4.69) is 10.2 Å². The smallest absolute Gasteiger partial charge is 0.193 e.